The first-order valence-corrected chi connectivity index (χ1v) is 10.3. The van der Waals surface area contributed by atoms with E-state index >= 15 is 0 Å². The van der Waals surface area contributed by atoms with E-state index in [2.05, 4.69) is 25.5 Å². The maximum Gasteiger partial charge on any atom is 0.158 e. The fourth-order valence-electron chi connectivity index (χ4n) is 3.78. The summed E-state index contributed by atoms with van der Waals surface area (Å²) in [6, 6.07) is 9.70. The van der Waals surface area contributed by atoms with Crippen LogP contribution in [0, 0.1) is 11.3 Å². The van der Waals surface area contributed by atoms with Crippen molar-refractivity contribution in [3.63, 3.8) is 0 Å². The Labute approximate surface area is 180 Å². The predicted molar refractivity (Wildman–Crippen MR) is 116 cm³/mol. The average Bonchev–Trinajstić information content (AvgIpc) is 3.14. The van der Waals surface area contributed by atoms with Crippen molar-refractivity contribution in [3.05, 3.63) is 42.4 Å². The molecule has 1 aromatic carbocycles. The Kier molecular flexibility index (Phi) is 6.29. The molecular formula is C22H25N7O2. The Morgan fingerprint density at radius 1 is 1.16 bits per heavy atom. The van der Waals surface area contributed by atoms with Crippen LogP contribution in [0.25, 0.3) is 11.3 Å². The number of benzene rings is 1. The summed E-state index contributed by atoms with van der Waals surface area (Å²) in [5, 5.41) is 19.3. The molecule has 2 heterocycles. The highest BCUT2D eigenvalue weighted by atomic mass is 16.5. The third-order valence-electron chi connectivity index (χ3n) is 5.29. The lowest BCUT2D eigenvalue weighted by Crippen LogP contribution is -2.27. The number of nitrogens with one attached hydrogen (secondary N) is 2. The van der Waals surface area contributed by atoms with Gasteiger partial charge in [0.1, 0.15) is 29.5 Å². The number of aromatic nitrogens is 4. The molecule has 9 nitrogen and oxygen atoms in total. The zero-order chi connectivity index (χ0) is 21.6. The Balaban J connectivity index is 1.59. The highest BCUT2D eigenvalue weighted by Gasteiger charge is 2.22. The number of hydrogen-bond donors (Lipinski definition) is 3. The lowest BCUT2D eigenvalue weighted by molar-refractivity contribution is 0.178. The summed E-state index contributed by atoms with van der Waals surface area (Å²) >= 11 is 0. The van der Waals surface area contributed by atoms with E-state index in [4.69, 9.17) is 20.5 Å². The van der Waals surface area contributed by atoms with Gasteiger partial charge in [0.25, 0.3) is 0 Å². The summed E-state index contributed by atoms with van der Waals surface area (Å²) in [6.45, 7) is 0. The zero-order valence-electron chi connectivity index (χ0n) is 17.3. The smallest absolute Gasteiger partial charge is 0.158 e. The molecule has 2 aromatic heterocycles. The third kappa shape index (κ3) is 4.92. The van der Waals surface area contributed by atoms with E-state index in [1.165, 1.54) is 12.4 Å². The van der Waals surface area contributed by atoms with Crippen molar-refractivity contribution in [2.45, 2.75) is 44.2 Å². The molecule has 0 bridgehead atoms. The number of ether oxygens (including phenoxy) is 2. The highest BCUT2D eigenvalue weighted by molar-refractivity contribution is 5.76. The summed E-state index contributed by atoms with van der Waals surface area (Å²) < 4.78 is 12.0. The molecule has 4 N–H and O–H groups in total. The molecule has 1 fully saturated rings. The second kappa shape index (κ2) is 9.45. The number of aromatic amines is 1. The standard InChI is InChI=1S/C22H25N7O2/c1-30-18-7-4-8-19(31-16-6-3-2-5-14(24)9-16)22(18)17-10-20(29-28-17)27-21-13-25-15(11-23)12-26-21/h4,7-8,10,12-14,16H,2-3,5-6,9,24H2,1H3,(H2,26,27,28,29)/t14-,16-/m0/s1. The van der Waals surface area contributed by atoms with Crippen molar-refractivity contribution in [2.75, 3.05) is 12.4 Å². The van der Waals surface area contributed by atoms with Crippen molar-refractivity contribution in [1.82, 2.24) is 20.2 Å². The molecule has 3 aromatic rings. The Morgan fingerprint density at radius 3 is 2.77 bits per heavy atom. The summed E-state index contributed by atoms with van der Waals surface area (Å²) in [7, 11) is 1.63. The molecule has 1 aliphatic carbocycles. The molecule has 0 spiro atoms. The maximum atomic E-state index is 8.85. The average molecular weight is 419 g/mol. The number of rotatable bonds is 6. The second-order valence-electron chi connectivity index (χ2n) is 7.54. The molecular weight excluding hydrogens is 394 g/mol. The summed E-state index contributed by atoms with van der Waals surface area (Å²) in [6.07, 6.45) is 8.07. The number of methoxy groups -OCH3 is 1. The van der Waals surface area contributed by atoms with Gasteiger partial charge >= 0.3 is 0 Å². The van der Waals surface area contributed by atoms with Gasteiger partial charge in [-0.3, -0.25) is 5.10 Å². The van der Waals surface area contributed by atoms with Crippen LogP contribution < -0.4 is 20.5 Å². The number of nitrogens with two attached hydrogens (primary N) is 1. The van der Waals surface area contributed by atoms with Crippen LogP contribution in [0.3, 0.4) is 0 Å². The van der Waals surface area contributed by atoms with E-state index in [-0.39, 0.29) is 17.8 Å². The number of nitriles is 1. The van der Waals surface area contributed by atoms with Gasteiger partial charge in [0, 0.05) is 12.1 Å². The molecule has 9 heteroatoms. The minimum Gasteiger partial charge on any atom is -0.496 e. The second-order valence-corrected chi connectivity index (χ2v) is 7.54. The van der Waals surface area contributed by atoms with Crippen LogP contribution >= 0.6 is 0 Å². The predicted octanol–water partition coefficient (Wildman–Crippen LogP) is 3.53. The first-order chi connectivity index (χ1) is 15.2. The molecule has 0 radical (unpaired) electrons. The van der Waals surface area contributed by atoms with Crippen LogP contribution in [-0.2, 0) is 0 Å². The van der Waals surface area contributed by atoms with Crippen molar-refractivity contribution in [1.29, 1.82) is 5.26 Å². The minimum absolute atomic E-state index is 0.0674. The Bertz CT molecular complexity index is 1060. The third-order valence-corrected chi connectivity index (χ3v) is 5.29. The number of hydrogen-bond acceptors (Lipinski definition) is 8. The summed E-state index contributed by atoms with van der Waals surface area (Å²) in [4.78, 5) is 8.16. The maximum absolute atomic E-state index is 8.85. The van der Waals surface area contributed by atoms with Crippen LogP contribution in [-0.4, -0.2) is 39.4 Å². The van der Waals surface area contributed by atoms with Crippen molar-refractivity contribution in [2.24, 2.45) is 5.73 Å². The van der Waals surface area contributed by atoms with E-state index in [0.29, 0.717) is 17.4 Å². The fraction of sp³-hybridized carbons (Fsp3) is 0.364. The van der Waals surface area contributed by atoms with Gasteiger partial charge in [-0.1, -0.05) is 12.5 Å². The largest absolute Gasteiger partial charge is 0.496 e. The molecule has 4 rings (SSSR count). The molecule has 1 aliphatic rings. The normalized spacial score (nSPS) is 18.6. The van der Waals surface area contributed by atoms with E-state index in [0.717, 1.165) is 49.1 Å². The molecule has 1 saturated carbocycles. The number of H-pyrrole nitrogens is 1. The van der Waals surface area contributed by atoms with Gasteiger partial charge in [-0.15, -0.1) is 0 Å². The van der Waals surface area contributed by atoms with Gasteiger partial charge in [-0.05, 0) is 37.8 Å². The first-order valence-electron chi connectivity index (χ1n) is 10.3. The van der Waals surface area contributed by atoms with Crippen LogP contribution in [0.2, 0.25) is 0 Å². The topological polar surface area (TPSA) is 135 Å². The highest BCUT2D eigenvalue weighted by Crippen LogP contribution is 2.39. The van der Waals surface area contributed by atoms with Gasteiger partial charge in [-0.2, -0.15) is 10.4 Å². The van der Waals surface area contributed by atoms with Gasteiger partial charge < -0.3 is 20.5 Å². The molecule has 160 valence electrons. The molecule has 0 unspecified atom stereocenters. The van der Waals surface area contributed by atoms with Crippen molar-refractivity contribution < 1.29 is 9.47 Å². The fourth-order valence-corrected chi connectivity index (χ4v) is 3.78. The lowest BCUT2D eigenvalue weighted by atomic mass is 10.1. The minimum atomic E-state index is 0.0674. The zero-order valence-corrected chi connectivity index (χ0v) is 17.3. The van der Waals surface area contributed by atoms with Gasteiger partial charge in [0.15, 0.2) is 11.5 Å². The molecule has 31 heavy (non-hydrogen) atoms. The Hall–Kier alpha value is -3.64. The molecule has 0 saturated heterocycles. The van der Waals surface area contributed by atoms with Gasteiger partial charge in [0.05, 0.1) is 30.8 Å². The van der Waals surface area contributed by atoms with E-state index in [1.807, 2.05) is 30.3 Å². The van der Waals surface area contributed by atoms with Gasteiger partial charge in [-0.25, -0.2) is 9.97 Å². The summed E-state index contributed by atoms with van der Waals surface area (Å²) in [5.41, 5.74) is 8.02. The van der Waals surface area contributed by atoms with Crippen LogP contribution in [0.15, 0.2) is 36.7 Å². The number of nitrogens with zero attached hydrogens (tertiary/aromatic N) is 4. The van der Waals surface area contributed by atoms with E-state index < -0.39 is 0 Å². The van der Waals surface area contributed by atoms with Crippen molar-refractivity contribution >= 4 is 11.6 Å². The van der Waals surface area contributed by atoms with Gasteiger partial charge in [0.2, 0.25) is 0 Å². The number of anilines is 2. The van der Waals surface area contributed by atoms with Crippen LogP contribution in [0.5, 0.6) is 11.5 Å². The molecule has 0 aliphatic heterocycles. The monoisotopic (exact) mass is 419 g/mol. The quantitative estimate of drug-likeness (QED) is 0.517. The van der Waals surface area contributed by atoms with Crippen LogP contribution in [0.4, 0.5) is 11.6 Å². The first kappa shape index (κ1) is 20.6. The molecule has 0 amide bonds. The molecule has 2 atom stereocenters. The van der Waals surface area contributed by atoms with Crippen molar-refractivity contribution in [3.8, 4) is 28.8 Å². The lowest BCUT2D eigenvalue weighted by Gasteiger charge is -2.22. The SMILES string of the molecule is COc1cccc(O[C@H]2CCCC[C@H](N)C2)c1-c1cc(Nc2cnc(C#N)cn2)n[nH]1. The van der Waals surface area contributed by atoms with E-state index in [1.54, 1.807) is 7.11 Å². The van der Waals surface area contributed by atoms with Crippen LogP contribution in [0.1, 0.15) is 37.8 Å². The Morgan fingerprint density at radius 2 is 2.00 bits per heavy atom. The summed E-state index contributed by atoms with van der Waals surface area (Å²) in [5.74, 6) is 2.46. The van der Waals surface area contributed by atoms with E-state index in [9.17, 15) is 0 Å².